The minimum atomic E-state index is -0.546. The third-order valence-corrected chi connectivity index (χ3v) is 1.38. The van der Waals surface area contributed by atoms with Crippen molar-refractivity contribution in [3.8, 4) is 0 Å². The molecule has 0 bridgehead atoms. The van der Waals surface area contributed by atoms with E-state index in [-0.39, 0.29) is 0 Å². The molecule has 0 unspecified atom stereocenters. The molecule has 2 N–H and O–H groups in total. The molecule has 11 heavy (non-hydrogen) atoms. The molecule has 0 atom stereocenters. The molecule has 0 aliphatic carbocycles. The highest BCUT2D eigenvalue weighted by atomic mass is 19.1. The molecule has 0 radical (unpaired) electrons. The maximum atomic E-state index is 12.7. The number of quaternary nitrogens is 1. The predicted molar refractivity (Wildman–Crippen MR) is 37.3 cm³/mol. The quantitative estimate of drug-likeness (QED) is 0.612. The van der Waals surface area contributed by atoms with Crippen molar-refractivity contribution in [3.63, 3.8) is 0 Å². The van der Waals surface area contributed by atoms with Crippen molar-refractivity contribution in [3.05, 3.63) is 42.4 Å². The zero-order valence-corrected chi connectivity index (χ0v) is 5.98. The summed E-state index contributed by atoms with van der Waals surface area (Å²) in [7, 11) is 3.46. The first-order chi connectivity index (χ1) is 5.24. The van der Waals surface area contributed by atoms with E-state index in [2.05, 4.69) is 7.05 Å². The molecular formula is C8H9F2N. The molecule has 1 aromatic rings. The van der Waals surface area contributed by atoms with Crippen LogP contribution in [0.2, 0.25) is 0 Å². The van der Waals surface area contributed by atoms with Gasteiger partial charge in [-0.3, -0.25) is 0 Å². The van der Waals surface area contributed by atoms with Crippen LogP contribution in [-0.2, 0) is 6.54 Å². The van der Waals surface area contributed by atoms with Gasteiger partial charge in [0.25, 0.3) is 0 Å². The fourth-order valence-electron chi connectivity index (χ4n) is 0.843. The summed E-state index contributed by atoms with van der Waals surface area (Å²) in [5.74, 6) is -1.06. The summed E-state index contributed by atoms with van der Waals surface area (Å²) in [5, 5.41) is 1.58. The Morgan fingerprint density at radius 2 is 2.09 bits per heavy atom. The molecule has 0 spiro atoms. The van der Waals surface area contributed by atoms with E-state index in [4.69, 9.17) is 0 Å². The second kappa shape index (κ2) is 3.44. The Morgan fingerprint density at radius 1 is 1.36 bits per heavy atom. The van der Waals surface area contributed by atoms with Gasteiger partial charge in [0.2, 0.25) is 0 Å². The number of halogens is 2. The molecule has 60 valence electrons. The molecule has 1 aromatic carbocycles. The second-order valence-corrected chi connectivity index (χ2v) is 2.23. The smallest absolute Gasteiger partial charge is 0.134 e. The monoisotopic (exact) mass is 157 g/mol. The van der Waals surface area contributed by atoms with E-state index < -0.39 is 11.6 Å². The molecule has 0 aliphatic heterocycles. The molecule has 0 fully saturated rings. The van der Waals surface area contributed by atoms with Crippen molar-refractivity contribution in [2.45, 2.75) is 6.54 Å². The Hall–Kier alpha value is -0.960. The van der Waals surface area contributed by atoms with Crippen LogP contribution in [-0.4, -0.2) is 0 Å². The van der Waals surface area contributed by atoms with Crippen LogP contribution in [0, 0.1) is 18.7 Å². The van der Waals surface area contributed by atoms with Gasteiger partial charge in [0.1, 0.15) is 11.6 Å². The Balaban J connectivity index is 2.90. The molecule has 0 aliphatic rings. The minimum Gasteiger partial charge on any atom is -0.475 e. The Kier molecular flexibility index (Phi) is 2.54. The highest BCUT2D eigenvalue weighted by Gasteiger charge is 2.01. The number of benzene rings is 1. The zero-order chi connectivity index (χ0) is 8.27. The van der Waals surface area contributed by atoms with Crippen molar-refractivity contribution >= 4 is 0 Å². The summed E-state index contributed by atoms with van der Waals surface area (Å²) in [6.07, 6.45) is 0. The second-order valence-electron chi connectivity index (χ2n) is 2.23. The summed E-state index contributed by atoms with van der Waals surface area (Å²) < 4.78 is 25.1. The highest BCUT2D eigenvalue weighted by Crippen LogP contribution is 2.07. The fraction of sp³-hybridized carbons (Fsp3) is 0.125. The van der Waals surface area contributed by atoms with Gasteiger partial charge in [-0.2, -0.15) is 7.05 Å². The maximum Gasteiger partial charge on any atom is 0.134 e. The van der Waals surface area contributed by atoms with Crippen LogP contribution in [0.15, 0.2) is 18.2 Å². The number of nitrogens with two attached hydrogens (primary N) is 1. The molecule has 1 rings (SSSR count). The van der Waals surface area contributed by atoms with Gasteiger partial charge in [0, 0.05) is 11.6 Å². The molecule has 0 heterocycles. The molecular weight excluding hydrogens is 148 g/mol. The normalized spacial score (nSPS) is 10.1. The summed E-state index contributed by atoms with van der Waals surface area (Å²) in [4.78, 5) is 0. The van der Waals surface area contributed by atoms with Crippen LogP contribution in [0.4, 0.5) is 8.78 Å². The van der Waals surface area contributed by atoms with E-state index in [0.717, 1.165) is 6.07 Å². The third-order valence-electron chi connectivity index (χ3n) is 1.38. The molecule has 3 heteroatoms. The maximum absolute atomic E-state index is 12.7. The average Bonchev–Trinajstić information content (AvgIpc) is 1.95. The zero-order valence-electron chi connectivity index (χ0n) is 5.98. The molecule has 0 amide bonds. The third kappa shape index (κ3) is 1.98. The number of hydrogen-bond donors (Lipinski definition) is 1. The van der Waals surface area contributed by atoms with Crippen molar-refractivity contribution < 1.29 is 14.1 Å². The first-order valence-corrected chi connectivity index (χ1v) is 3.29. The lowest BCUT2D eigenvalue weighted by molar-refractivity contribution is -0.612. The van der Waals surface area contributed by atoms with E-state index in [1.807, 2.05) is 0 Å². The van der Waals surface area contributed by atoms with Gasteiger partial charge in [-0.15, -0.1) is 0 Å². The first kappa shape index (κ1) is 8.14. The van der Waals surface area contributed by atoms with Crippen LogP contribution in [0.5, 0.6) is 0 Å². The summed E-state index contributed by atoms with van der Waals surface area (Å²) in [5.41, 5.74) is 0.474. The summed E-state index contributed by atoms with van der Waals surface area (Å²) in [6, 6.07) is 3.53. The Morgan fingerprint density at radius 3 is 2.64 bits per heavy atom. The van der Waals surface area contributed by atoms with Crippen LogP contribution < -0.4 is 5.32 Å². The first-order valence-electron chi connectivity index (χ1n) is 3.29. The predicted octanol–water partition coefficient (Wildman–Crippen LogP) is 0.820. The van der Waals surface area contributed by atoms with E-state index in [9.17, 15) is 8.78 Å². The average molecular weight is 157 g/mol. The van der Waals surface area contributed by atoms with Gasteiger partial charge < -0.3 is 5.32 Å². The van der Waals surface area contributed by atoms with E-state index in [0.29, 0.717) is 12.1 Å². The standard InChI is InChI=1S/C8H9F2N/c1-11-5-6-2-3-7(9)4-8(6)10/h2-4H,1,5,11H2. The lowest BCUT2D eigenvalue weighted by atomic mass is 10.2. The summed E-state index contributed by atoms with van der Waals surface area (Å²) >= 11 is 0. The van der Waals surface area contributed by atoms with Crippen LogP contribution in [0.3, 0.4) is 0 Å². The topological polar surface area (TPSA) is 16.6 Å². The van der Waals surface area contributed by atoms with Crippen LogP contribution >= 0.6 is 0 Å². The lowest BCUT2D eigenvalue weighted by Crippen LogP contribution is -2.75. The lowest BCUT2D eigenvalue weighted by Gasteiger charge is -2.01. The van der Waals surface area contributed by atoms with Crippen LogP contribution in [0.25, 0.3) is 0 Å². The van der Waals surface area contributed by atoms with Gasteiger partial charge in [0.05, 0.1) is 6.54 Å². The van der Waals surface area contributed by atoms with E-state index in [1.165, 1.54) is 12.1 Å². The van der Waals surface area contributed by atoms with Gasteiger partial charge in [-0.1, -0.05) is 0 Å². The summed E-state index contributed by atoms with van der Waals surface area (Å²) in [6.45, 7) is 0.437. The largest absolute Gasteiger partial charge is 0.475 e. The van der Waals surface area contributed by atoms with Crippen molar-refractivity contribution in [2.24, 2.45) is 0 Å². The highest BCUT2D eigenvalue weighted by molar-refractivity contribution is 5.17. The van der Waals surface area contributed by atoms with Crippen molar-refractivity contribution in [2.75, 3.05) is 0 Å². The van der Waals surface area contributed by atoms with E-state index >= 15 is 0 Å². The molecule has 0 saturated carbocycles. The van der Waals surface area contributed by atoms with Crippen LogP contribution in [0.1, 0.15) is 5.56 Å². The Bertz CT molecular complexity index is 248. The van der Waals surface area contributed by atoms with Gasteiger partial charge >= 0.3 is 0 Å². The molecule has 1 nitrogen and oxygen atoms in total. The molecule has 0 aromatic heterocycles. The minimum absolute atomic E-state index is 0.437. The van der Waals surface area contributed by atoms with Crippen molar-refractivity contribution in [1.82, 2.24) is 0 Å². The van der Waals surface area contributed by atoms with E-state index in [1.54, 1.807) is 5.32 Å². The SMILES string of the molecule is [CH2-][NH2+]Cc1ccc(F)cc1F. The van der Waals surface area contributed by atoms with Gasteiger partial charge in [-0.05, 0) is 12.1 Å². The Labute approximate surface area is 64.0 Å². The van der Waals surface area contributed by atoms with Gasteiger partial charge in [-0.25, -0.2) is 8.78 Å². The number of rotatable bonds is 2. The fourth-order valence-corrected chi connectivity index (χ4v) is 0.843. The molecule has 0 saturated heterocycles. The number of hydrogen-bond acceptors (Lipinski definition) is 0. The van der Waals surface area contributed by atoms with Crippen molar-refractivity contribution in [1.29, 1.82) is 0 Å². The van der Waals surface area contributed by atoms with Gasteiger partial charge in [0.15, 0.2) is 0 Å².